The molecule has 0 spiro atoms. The van der Waals surface area contributed by atoms with Crippen molar-refractivity contribution in [1.82, 2.24) is 14.8 Å². The second-order valence-corrected chi connectivity index (χ2v) is 8.94. The van der Waals surface area contributed by atoms with Gasteiger partial charge in [-0.15, -0.1) is 0 Å². The predicted molar refractivity (Wildman–Crippen MR) is 136 cm³/mol. The first-order valence-electron chi connectivity index (χ1n) is 11.7. The molecule has 1 aliphatic heterocycles. The van der Waals surface area contributed by atoms with Gasteiger partial charge in [-0.05, 0) is 64.2 Å². The minimum Gasteiger partial charge on any atom is -0.507 e. The van der Waals surface area contributed by atoms with E-state index in [-0.39, 0.29) is 17.0 Å². The van der Waals surface area contributed by atoms with E-state index in [0.717, 1.165) is 6.54 Å². The highest BCUT2D eigenvalue weighted by Crippen LogP contribution is 2.41. The standard InChI is InChI=1S/C27H33N3O6/c1-7-14-36-19-11-8-10-18(15-19)23-21(25(32)26(33)30(23)13-9-12-29(4)5)24(31)20-16(2)22(27(34)35-6)28-17(20)3/h7-8,10-11,15,23,28,31H,1,9,12-14H2,2-6H3/b24-21+. The van der Waals surface area contributed by atoms with E-state index < -0.39 is 23.7 Å². The van der Waals surface area contributed by atoms with Crippen molar-refractivity contribution in [1.29, 1.82) is 0 Å². The number of esters is 1. The maximum atomic E-state index is 13.3. The quantitative estimate of drug-likeness (QED) is 0.171. The molecule has 2 aromatic rings. The van der Waals surface area contributed by atoms with Gasteiger partial charge in [-0.1, -0.05) is 24.8 Å². The zero-order chi connectivity index (χ0) is 26.6. The molecule has 1 aliphatic rings. The Bertz CT molecular complexity index is 1210. The summed E-state index contributed by atoms with van der Waals surface area (Å²) in [5.41, 5.74) is 1.97. The van der Waals surface area contributed by atoms with Crippen molar-refractivity contribution < 1.29 is 29.0 Å². The lowest BCUT2D eigenvalue weighted by Crippen LogP contribution is -2.32. The molecule has 0 radical (unpaired) electrons. The monoisotopic (exact) mass is 495 g/mol. The normalized spacial score (nSPS) is 17.1. The molecule has 3 rings (SSSR count). The number of aromatic nitrogens is 1. The molecule has 1 saturated heterocycles. The molecule has 1 amide bonds. The summed E-state index contributed by atoms with van der Waals surface area (Å²) in [6.07, 6.45) is 2.26. The molecule has 1 unspecified atom stereocenters. The maximum absolute atomic E-state index is 13.3. The number of rotatable bonds is 10. The number of H-pyrrole nitrogens is 1. The molecule has 0 saturated carbocycles. The highest BCUT2D eigenvalue weighted by Gasteiger charge is 2.46. The number of aliphatic hydroxyl groups is 1. The van der Waals surface area contributed by atoms with Crippen LogP contribution in [0.1, 0.15) is 45.3 Å². The number of benzene rings is 1. The molecule has 1 atom stereocenters. The van der Waals surface area contributed by atoms with Crippen LogP contribution in [0.25, 0.3) is 5.76 Å². The number of aromatic amines is 1. The Labute approximate surface area is 211 Å². The largest absolute Gasteiger partial charge is 0.507 e. The van der Waals surface area contributed by atoms with Crippen LogP contribution >= 0.6 is 0 Å². The predicted octanol–water partition coefficient (Wildman–Crippen LogP) is 3.36. The molecular formula is C27H33N3O6. The van der Waals surface area contributed by atoms with E-state index in [1.807, 2.05) is 19.0 Å². The highest BCUT2D eigenvalue weighted by atomic mass is 16.5. The molecule has 9 heteroatoms. The summed E-state index contributed by atoms with van der Waals surface area (Å²) in [6.45, 7) is 8.32. The molecule has 1 aromatic carbocycles. The van der Waals surface area contributed by atoms with E-state index in [0.29, 0.717) is 47.7 Å². The number of aryl methyl sites for hydroxylation is 1. The molecule has 0 aliphatic carbocycles. The molecule has 0 bridgehead atoms. The first-order valence-corrected chi connectivity index (χ1v) is 11.7. The van der Waals surface area contributed by atoms with Gasteiger partial charge >= 0.3 is 5.97 Å². The molecule has 9 nitrogen and oxygen atoms in total. The van der Waals surface area contributed by atoms with E-state index in [4.69, 9.17) is 9.47 Å². The minimum atomic E-state index is -0.824. The van der Waals surface area contributed by atoms with Crippen molar-refractivity contribution in [2.75, 3.05) is 40.9 Å². The van der Waals surface area contributed by atoms with Gasteiger partial charge in [0.1, 0.15) is 23.8 Å². The average Bonchev–Trinajstić information content (AvgIpc) is 3.29. The number of carbonyl (C=O) groups is 3. The lowest BCUT2D eigenvalue weighted by atomic mass is 9.94. The third-order valence-corrected chi connectivity index (χ3v) is 6.15. The van der Waals surface area contributed by atoms with E-state index in [2.05, 4.69) is 11.6 Å². The number of hydrogen-bond donors (Lipinski definition) is 2. The molecule has 1 fully saturated rings. The van der Waals surface area contributed by atoms with E-state index in [1.54, 1.807) is 44.2 Å². The van der Waals surface area contributed by atoms with Crippen molar-refractivity contribution >= 4 is 23.4 Å². The number of likely N-dealkylation sites (tertiary alicyclic amines) is 1. The van der Waals surface area contributed by atoms with Crippen LogP contribution in [0.15, 0.2) is 42.5 Å². The Hall–Kier alpha value is -3.85. The van der Waals surface area contributed by atoms with Gasteiger partial charge in [0.05, 0.1) is 18.7 Å². The number of ketones is 1. The van der Waals surface area contributed by atoms with Gasteiger partial charge in [-0.2, -0.15) is 0 Å². The van der Waals surface area contributed by atoms with Crippen molar-refractivity contribution in [2.45, 2.75) is 26.3 Å². The lowest BCUT2D eigenvalue weighted by molar-refractivity contribution is -0.139. The number of nitrogens with zero attached hydrogens (tertiary/aromatic N) is 2. The summed E-state index contributed by atoms with van der Waals surface area (Å²) in [7, 11) is 5.13. The molecule has 2 heterocycles. The van der Waals surface area contributed by atoms with Crippen LogP contribution in [0.3, 0.4) is 0 Å². The van der Waals surface area contributed by atoms with Gasteiger partial charge in [0.2, 0.25) is 0 Å². The Morgan fingerprint density at radius 3 is 2.64 bits per heavy atom. The Morgan fingerprint density at radius 2 is 2.00 bits per heavy atom. The number of aliphatic hydroxyl groups excluding tert-OH is 1. The van der Waals surface area contributed by atoms with Crippen molar-refractivity contribution in [3.05, 3.63) is 70.6 Å². The van der Waals surface area contributed by atoms with Crippen LogP contribution in [-0.4, -0.2) is 78.5 Å². The van der Waals surface area contributed by atoms with Gasteiger partial charge < -0.3 is 29.4 Å². The van der Waals surface area contributed by atoms with Crippen LogP contribution in [0, 0.1) is 13.8 Å². The third-order valence-electron chi connectivity index (χ3n) is 6.15. The number of carbonyl (C=O) groups excluding carboxylic acids is 3. The van der Waals surface area contributed by atoms with Crippen molar-refractivity contribution in [2.24, 2.45) is 0 Å². The van der Waals surface area contributed by atoms with Gasteiger partial charge in [0, 0.05) is 17.8 Å². The van der Waals surface area contributed by atoms with E-state index >= 15 is 0 Å². The van der Waals surface area contributed by atoms with Gasteiger partial charge in [-0.25, -0.2) is 4.79 Å². The van der Waals surface area contributed by atoms with Crippen molar-refractivity contribution in [3.63, 3.8) is 0 Å². The van der Waals surface area contributed by atoms with Crippen molar-refractivity contribution in [3.8, 4) is 5.75 Å². The first-order chi connectivity index (χ1) is 17.1. The van der Waals surface area contributed by atoms with Gasteiger partial charge in [0.15, 0.2) is 0 Å². The second-order valence-electron chi connectivity index (χ2n) is 8.94. The zero-order valence-corrected chi connectivity index (χ0v) is 21.4. The number of amides is 1. The van der Waals surface area contributed by atoms with E-state index in [9.17, 15) is 19.5 Å². The second kappa shape index (κ2) is 11.3. The summed E-state index contributed by atoms with van der Waals surface area (Å²) in [5.74, 6) is -1.85. The number of methoxy groups -OCH3 is 1. The summed E-state index contributed by atoms with van der Waals surface area (Å²) >= 11 is 0. The van der Waals surface area contributed by atoms with Crippen LogP contribution in [0.2, 0.25) is 0 Å². The lowest BCUT2D eigenvalue weighted by Gasteiger charge is -2.26. The molecule has 192 valence electrons. The molecule has 1 aromatic heterocycles. The Balaban J connectivity index is 2.18. The fourth-order valence-corrected chi connectivity index (χ4v) is 4.49. The van der Waals surface area contributed by atoms with Crippen LogP contribution < -0.4 is 4.74 Å². The average molecular weight is 496 g/mol. The fourth-order valence-electron chi connectivity index (χ4n) is 4.49. The topological polar surface area (TPSA) is 112 Å². The van der Waals surface area contributed by atoms with Gasteiger partial charge in [-0.3, -0.25) is 9.59 Å². The number of Topliss-reactive ketones (excluding diaryl/α,β-unsaturated/α-hetero) is 1. The molecule has 2 N–H and O–H groups in total. The Kier molecular flexibility index (Phi) is 8.37. The molecule has 36 heavy (non-hydrogen) atoms. The first kappa shape index (κ1) is 26.7. The van der Waals surface area contributed by atoms with Crippen LogP contribution in [0.5, 0.6) is 5.75 Å². The number of ether oxygens (including phenoxy) is 2. The summed E-state index contributed by atoms with van der Waals surface area (Å²) in [5, 5.41) is 11.5. The third kappa shape index (κ3) is 5.21. The maximum Gasteiger partial charge on any atom is 0.354 e. The van der Waals surface area contributed by atoms with E-state index in [1.165, 1.54) is 12.0 Å². The van der Waals surface area contributed by atoms with Crippen LogP contribution in [-0.2, 0) is 14.3 Å². The highest BCUT2D eigenvalue weighted by molar-refractivity contribution is 6.46. The number of hydrogen-bond acceptors (Lipinski definition) is 7. The Morgan fingerprint density at radius 1 is 1.28 bits per heavy atom. The minimum absolute atomic E-state index is 0.0349. The fraction of sp³-hybridized carbons (Fsp3) is 0.370. The summed E-state index contributed by atoms with van der Waals surface area (Å²) < 4.78 is 10.5. The summed E-state index contributed by atoms with van der Waals surface area (Å²) in [4.78, 5) is 45.1. The smallest absolute Gasteiger partial charge is 0.354 e. The molecular weight excluding hydrogens is 462 g/mol. The van der Waals surface area contributed by atoms with Crippen LogP contribution in [0.4, 0.5) is 0 Å². The van der Waals surface area contributed by atoms with Gasteiger partial charge in [0.25, 0.3) is 11.7 Å². The number of nitrogens with one attached hydrogen (secondary N) is 1. The summed E-state index contributed by atoms with van der Waals surface area (Å²) in [6, 6.07) is 6.27. The SMILES string of the molecule is C=CCOc1cccc(C2/C(=C(\O)c3c(C)[nH]c(C(=O)OC)c3C)C(=O)C(=O)N2CCCN(C)C)c1. The zero-order valence-electron chi connectivity index (χ0n) is 21.4.